The molecule has 0 bridgehead atoms. The van der Waals surface area contributed by atoms with Crippen LogP contribution >= 0.6 is 23.8 Å². The fraction of sp³-hybridized carbons (Fsp3) is 0.450. The van der Waals surface area contributed by atoms with E-state index in [4.69, 9.17) is 33.3 Å². The van der Waals surface area contributed by atoms with Gasteiger partial charge in [-0.15, -0.1) is 0 Å². The summed E-state index contributed by atoms with van der Waals surface area (Å²) in [5.74, 6) is 0.347. The highest BCUT2D eigenvalue weighted by Crippen LogP contribution is 2.23. The van der Waals surface area contributed by atoms with Crippen molar-refractivity contribution in [2.75, 3.05) is 51.3 Å². The van der Waals surface area contributed by atoms with Crippen molar-refractivity contribution in [1.29, 1.82) is 0 Å². The van der Waals surface area contributed by atoms with E-state index in [1.54, 1.807) is 19.1 Å². The second-order valence-electron chi connectivity index (χ2n) is 6.72. The maximum Gasteiger partial charge on any atom is 0.358 e. The van der Waals surface area contributed by atoms with Crippen molar-refractivity contribution >= 4 is 40.7 Å². The predicted octanol–water partition coefficient (Wildman–Crippen LogP) is 2.92. The third-order valence-corrected chi connectivity index (χ3v) is 5.07. The number of anilines is 1. The third kappa shape index (κ3) is 6.40. The lowest BCUT2D eigenvalue weighted by Gasteiger charge is -2.26. The first-order valence-corrected chi connectivity index (χ1v) is 10.7. The topological polar surface area (TPSA) is 91.5 Å². The third-order valence-electron chi connectivity index (χ3n) is 4.57. The van der Waals surface area contributed by atoms with Crippen LogP contribution in [0.1, 0.15) is 23.8 Å². The summed E-state index contributed by atoms with van der Waals surface area (Å²) in [6.45, 7) is 7.22. The lowest BCUT2D eigenvalue weighted by Crippen LogP contribution is -2.38. The summed E-state index contributed by atoms with van der Waals surface area (Å²) in [4.78, 5) is 22.2. The molecular formula is C20H26ClN5O3S. The smallest absolute Gasteiger partial charge is 0.358 e. The number of hydrogen-bond acceptors (Lipinski definition) is 6. The predicted molar refractivity (Wildman–Crippen MR) is 121 cm³/mol. The van der Waals surface area contributed by atoms with Gasteiger partial charge in [-0.2, -0.15) is 0 Å². The summed E-state index contributed by atoms with van der Waals surface area (Å²) < 4.78 is 10.5. The van der Waals surface area contributed by atoms with Crippen LogP contribution in [0.4, 0.5) is 5.82 Å². The molecule has 1 aliphatic heterocycles. The van der Waals surface area contributed by atoms with Gasteiger partial charge in [-0.25, -0.2) is 9.78 Å². The first-order valence-electron chi connectivity index (χ1n) is 9.95. The molecule has 1 aliphatic rings. The zero-order chi connectivity index (χ0) is 21.3. The van der Waals surface area contributed by atoms with Gasteiger partial charge >= 0.3 is 5.97 Å². The standard InChI is InChI=1S/C20H26ClN5O3S/c1-2-29-19(27)16-18(24-17(23-16)14-4-6-15(21)7-5-14)25-20(30)22-8-3-9-26-10-12-28-13-11-26/h4-7H,2-3,8-13H2,1H3,(H,23,24)(H2,22,25,30). The number of ether oxygens (including phenoxy) is 2. The number of rotatable bonds is 8. The average Bonchev–Trinajstić information content (AvgIpc) is 3.16. The molecule has 2 aromatic rings. The number of nitrogens with one attached hydrogen (secondary N) is 3. The van der Waals surface area contributed by atoms with Crippen LogP contribution in [0.3, 0.4) is 0 Å². The summed E-state index contributed by atoms with van der Waals surface area (Å²) in [7, 11) is 0. The molecule has 10 heteroatoms. The number of carbonyl (C=O) groups excluding carboxylic acids is 1. The van der Waals surface area contributed by atoms with Gasteiger partial charge in [0.15, 0.2) is 16.6 Å². The first-order chi connectivity index (χ1) is 14.6. The first kappa shape index (κ1) is 22.5. The van der Waals surface area contributed by atoms with Crippen LogP contribution in [-0.2, 0) is 9.47 Å². The van der Waals surface area contributed by atoms with Crippen LogP contribution in [0.25, 0.3) is 11.4 Å². The van der Waals surface area contributed by atoms with E-state index in [1.165, 1.54) is 0 Å². The number of nitrogens with zero attached hydrogens (tertiary/aromatic N) is 2. The van der Waals surface area contributed by atoms with E-state index in [9.17, 15) is 4.79 Å². The van der Waals surface area contributed by atoms with E-state index in [0.717, 1.165) is 44.8 Å². The van der Waals surface area contributed by atoms with E-state index in [0.29, 0.717) is 28.3 Å². The van der Waals surface area contributed by atoms with Gasteiger partial charge in [-0.05, 0) is 56.4 Å². The summed E-state index contributed by atoms with van der Waals surface area (Å²) in [6.07, 6.45) is 0.948. The molecule has 0 radical (unpaired) electrons. The lowest BCUT2D eigenvalue weighted by molar-refractivity contribution is 0.0376. The van der Waals surface area contributed by atoms with Crippen LogP contribution in [0, 0.1) is 0 Å². The summed E-state index contributed by atoms with van der Waals surface area (Å²) in [5.41, 5.74) is 1.02. The van der Waals surface area contributed by atoms with Gasteiger partial charge in [0.1, 0.15) is 5.82 Å². The van der Waals surface area contributed by atoms with Gasteiger partial charge in [0, 0.05) is 30.2 Å². The second kappa shape index (κ2) is 11.3. The van der Waals surface area contributed by atoms with Crippen molar-refractivity contribution in [3.05, 3.63) is 35.0 Å². The van der Waals surface area contributed by atoms with Gasteiger partial charge in [0.25, 0.3) is 0 Å². The number of carbonyl (C=O) groups is 1. The highest BCUT2D eigenvalue weighted by molar-refractivity contribution is 7.80. The van der Waals surface area contributed by atoms with E-state index < -0.39 is 5.97 Å². The Morgan fingerprint density at radius 1 is 1.33 bits per heavy atom. The molecule has 30 heavy (non-hydrogen) atoms. The Morgan fingerprint density at radius 3 is 2.77 bits per heavy atom. The van der Waals surface area contributed by atoms with Gasteiger partial charge in [-0.1, -0.05) is 11.6 Å². The molecule has 162 valence electrons. The van der Waals surface area contributed by atoms with Gasteiger partial charge < -0.3 is 25.1 Å². The Hall–Kier alpha value is -2.20. The van der Waals surface area contributed by atoms with Gasteiger partial charge in [-0.3, -0.25) is 4.90 Å². The van der Waals surface area contributed by atoms with E-state index in [1.807, 2.05) is 12.1 Å². The number of thiocarbonyl (C=S) groups is 1. The Morgan fingerprint density at radius 2 is 2.07 bits per heavy atom. The van der Waals surface area contributed by atoms with Crippen LogP contribution in [0.15, 0.2) is 24.3 Å². The van der Waals surface area contributed by atoms with E-state index in [2.05, 4.69) is 25.5 Å². The van der Waals surface area contributed by atoms with Crippen molar-refractivity contribution < 1.29 is 14.3 Å². The molecular weight excluding hydrogens is 426 g/mol. The number of halogens is 1. The minimum atomic E-state index is -0.497. The Kier molecular flexibility index (Phi) is 8.44. The SMILES string of the molecule is CCOC(=O)c1[nH]c(-c2ccc(Cl)cc2)nc1NC(=S)NCCCN1CCOCC1. The highest BCUT2D eigenvalue weighted by atomic mass is 35.5. The summed E-state index contributed by atoms with van der Waals surface area (Å²) in [6, 6.07) is 7.17. The molecule has 0 spiro atoms. The number of esters is 1. The lowest BCUT2D eigenvalue weighted by atomic mass is 10.2. The molecule has 0 unspecified atom stereocenters. The van der Waals surface area contributed by atoms with Crippen LogP contribution in [0.2, 0.25) is 5.02 Å². The Balaban J connectivity index is 1.60. The second-order valence-corrected chi connectivity index (χ2v) is 7.57. The van der Waals surface area contributed by atoms with Crippen LogP contribution in [0.5, 0.6) is 0 Å². The number of morpholine rings is 1. The Labute approximate surface area is 186 Å². The van der Waals surface area contributed by atoms with Crippen LogP contribution in [-0.4, -0.2) is 71.9 Å². The molecule has 3 N–H and O–H groups in total. The van der Waals surface area contributed by atoms with Crippen molar-refractivity contribution in [2.45, 2.75) is 13.3 Å². The number of H-pyrrole nitrogens is 1. The molecule has 1 aromatic carbocycles. The molecule has 3 rings (SSSR count). The molecule has 1 fully saturated rings. The molecule has 0 saturated carbocycles. The largest absolute Gasteiger partial charge is 0.461 e. The summed E-state index contributed by atoms with van der Waals surface area (Å²) >= 11 is 11.3. The van der Waals surface area contributed by atoms with Gasteiger partial charge in [0.2, 0.25) is 0 Å². The van der Waals surface area contributed by atoms with Gasteiger partial charge in [0.05, 0.1) is 19.8 Å². The van der Waals surface area contributed by atoms with E-state index in [-0.39, 0.29) is 12.3 Å². The van der Waals surface area contributed by atoms with Crippen molar-refractivity contribution in [2.24, 2.45) is 0 Å². The number of benzene rings is 1. The normalized spacial score (nSPS) is 14.3. The molecule has 0 amide bonds. The number of aromatic nitrogens is 2. The van der Waals surface area contributed by atoms with E-state index >= 15 is 0 Å². The molecule has 0 aliphatic carbocycles. The number of imidazole rings is 1. The average molecular weight is 452 g/mol. The van der Waals surface area contributed by atoms with Crippen molar-refractivity contribution in [1.82, 2.24) is 20.2 Å². The summed E-state index contributed by atoms with van der Waals surface area (Å²) in [5, 5.41) is 7.19. The van der Waals surface area contributed by atoms with Crippen molar-refractivity contribution in [3.63, 3.8) is 0 Å². The minimum Gasteiger partial charge on any atom is -0.461 e. The fourth-order valence-electron chi connectivity index (χ4n) is 3.04. The van der Waals surface area contributed by atoms with Crippen LogP contribution < -0.4 is 10.6 Å². The quantitative estimate of drug-likeness (QED) is 0.320. The maximum absolute atomic E-state index is 12.3. The number of aromatic amines is 1. The molecule has 8 nitrogen and oxygen atoms in total. The van der Waals surface area contributed by atoms with Crippen molar-refractivity contribution in [3.8, 4) is 11.4 Å². The molecule has 1 saturated heterocycles. The Bertz CT molecular complexity index is 853. The monoisotopic (exact) mass is 451 g/mol. The zero-order valence-electron chi connectivity index (χ0n) is 16.9. The molecule has 1 aromatic heterocycles. The number of hydrogen-bond donors (Lipinski definition) is 3. The molecule has 2 heterocycles. The minimum absolute atomic E-state index is 0.222. The highest BCUT2D eigenvalue weighted by Gasteiger charge is 2.20. The fourth-order valence-corrected chi connectivity index (χ4v) is 3.36. The molecule has 0 atom stereocenters. The zero-order valence-corrected chi connectivity index (χ0v) is 18.4. The maximum atomic E-state index is 12.3.